The normalized spacial score (nSPS) is 14.0. The van der Waals surface area contributed by atoms with E-state index in [4.69, 9.17) is 13.8 Å². The van der Waals surface area contributed by atoms with Crippen molar-refractivity contribution in [2.75, 3.05) is 40.9 Å². The van der Waals surface area contributed by atoms with Crippen molar-refractivity contribution >= 4 is 19.7 Å². The molecule has 0 aromatic heterocycles. The van der Waals surface area contributed by atoms with Gasteiger partial charge in [-0.2, -0.15) is 0 Å². The maximum absolute atomic E-state index is 13.4. The van der Waals surface area contributed by atoms with Crippen LogP contribution < -0.4 is 5.32 Å². The summed E-state index contributed by atoms with van der Waals surface area (Å²) in [6.45, 7) is 6.98. The number of unbranched alkanes of at least 4 members (excludes halogenated alkanes) is 33. The number of phosphoric acid groups is 1. The molecule has 0 heterocycles. The maximum Gasteiger partial charge on any atom is 0.472 e. The third-order valence-electron chi connectivity index (χ3n) is 12.6. The summed E-state index contributed by atoms with van der Waals surface area (Å²) in [5.41, 5.74) is 0. The fraction of sp³-hybridized carbons (Fsp3) is 0.893. The van der Waals surface area contributed by atoms with E-state index in [0.29, 0.717) is 23.9 Å². The fourth-order valence-corrected chi connectivity index (χ4v) is 8.95. The zero-order chi connectivity index (χ0) is 48.7. The van der Waals surface area contributed by atoms with E-state index in [1.165, 1.54) is 154 Å². The predicted octanol–water partition coefficient (Wildman–Crippen LogP) is 16.6. The number of hydrogen-bond acceptors (Lipinski definition) is 6. The molecule has 0 aliphatic carbocycles. The van der Waals surface area contributed by atoms with E-state index in [1.807, 2.05) is 33.3 Å². The Morgan fingerprint density at radius 1 is 0.515 bits per heavy atom. The topological polar surface area (TPSA) is 111 Å². The second kappa shape index (κ2) is 47.2. The van der Waals surface area contributed by atoms with E-state index in [1.54, 1.807) is 0 Å². The van der Waals surface area contributed by atoms with Crippen LogP contribution in [0, 0.1) is 0 Å². The summed E-state index contributed by atoms with van der Waals surface area (Å²) >= 11 is 0. The molecule has 0 spiro atoms. The molecule has 10 heteroatoms. The number of nitrogens with one attached hydrogen (secondary N) is 1. The average molecular weight is 954 g/mol. The van der Waals surface area contributed by atoms with Crippen LogP contribution in [0.2, 0.25) is 0 Å². The molecule has 0 rings (SSSR count). The Kier molecular flexibility index (Phi) is 46.1. The second-order valence-corrected chi connectivity index (χ2v) is 21.9. The smallest absolute Gasteiger partial charge is 0.456 e. The van der Waals surface area contributed by atoms with Gasteiger partial charge < -0.3 is 19.4 Å². The van der Waals surface area contributed by atoms with Crippen LogP contribution in [-0.4, -0.2) is 74.3 Å². The molecule has 3 unspecified atom stereocenters. The molecule has 1 amide bonds. The molecule has 3 atom stereocenters. The lowest BCUT2D eigenvalue weighted by molar-refractivity contribution is -0.870. The lowest BCUT2D eigenvalue weighted by Gasteiger charge is -2.27. The number of nitrogens with zero attached hydrogens (tertiary/aromatic N) is 1. The van der Waals surface area contributed by atoms with Crippen molar-refractivity contribution < 1.29 is 37.3 Å². The SMILES string of the molecule is CCCC/C=C\CCCCCCCC(=O)NC(COP(=O)(O)OCC[N+](C)(C)C)C(/C=C\CCCCCCCCCCCC)OC(=O)CCCCCCCCCCCCCCCCCCC. The summed E-state index contributed by atoms with van der Waals surface area (Å²) in [5, 5.41) is 3.04. The van der Waals surface area contributed by atoms with Crippen molar-refractivity contribution in [1.82, 2.24) is 5.32 Å². The van der Waals surface area contributed by atoms with Gasteiger partial charge in [0.2, 0.25) is 5.91 Å². The molecule has 0 aromatic rings. The quantitative estimate of drug-likeness (QED) is 0.0205. The van der Waals surface area contributed by atoms with Crippen molar-refractivity contribution in [1.29, 1.82) is 0 Å². The Bertz CT molecular complexity index is 1190. The van der Waals surface area contributed by atoms with Crippen molar-refractivity contribution in [3.63, 3.8) is 0 Å². The number of carbonyl (C=O) groups excluding carboxylic acids is 2. The van der Waals surface area contributed by atoms with Crippen LogP contribution in [0.3, 0.4) is 0 Å². The van der Waals surface area contributed by atoms with Gasteiger partial charge in [-0.1, -0.05) is 232 Å². The number of carbonyl (C=O) groups is 2. The van der Waals surface area contributed by atoms with Crippen LogP contribution in [0.5, 0.6) is 0 Å². The van der Waals surface area contributed by atoms with Crippen LogP contribution in [0.4, 0.5) is 0 Å². The van der Waals surface area contributed by atoms with Crippen LogP contribution in [0.15, 0.2) is 24.3 Å². The van der Waals surface area contributed by atoms with Gasteiger partial charge in [0.1, 0.15) is 19.3 Å². The number of likely N-dealkylation sites (N-methyl/N-ethyl adjacent to an activating group) is 1. The van der Waals surface area contributed by atoms with E-state index in [-0.39, 0.29) is 25.1 Å². The molecule has 0 radical (unpaired) electrons. The second-order valence-electron chi connectivity index (χ2n) is 20.5. The number of quaternary nitrogens is 1. The Labute approximate surface area is 409 Å². The Hall–Kier alpha value is -1.51. The number of rotatable bonds is 51. The van der Waals surface area contributed by atoms with Gasteiger partial charge in [0.05, 0.1) is 33.8 Å². The third kappa shape index (κ3) is 47.6. The Balaban J connectivity index is 5.30. The molecule has 390 valence electrons. The molecule has 0 saturated heterocycles. The molecule has 0 aromatic carbocycles. The van der Waals surface area contributed by atoms with Gasteiger partial charge in [-0.3, -0.25) is 18.6 Å². The number of phosphoric ester groups is 1. The summed E-state index contributed by atoms with van der Waals surface area (Å²) in [7, 11) is 1.50. The highest BCUT2D eigenvalue weighted by molar-refractivity contribution is 7.47. The number of allylic oxidation sites excluding steroid dienone is 3. The monoisotopic (exact) mass is 954 g/mol. The van der Waals surface area contributed by atoms with Crippen LogP contribution in [-0.2, 0) is 27.9 Å². The highest BCUT2D eigenvalue weighted by Crippen LogP contribution is 2.43. The average Bonchev–Trinajstić information content (AvgIpc) is 3.27. The Morgan fingerprint density at radius 3 is 1.33 bits per heavy atom. The molecule has 0 fully saturated rings. The summed E-state index contributed by atoms with van der Waals surface area (Å²) < 4.78 is 30.6. The summed E-state index contributed by atoms with van der Waals surface area (Å²) in [6, 6.07) is -0.845. The molecule has 2 N–H and O–H groups in total. The van der Waals surface area contributed by atoms with E-state index >= 15 is 0 Å². The van der Waals surface area contributed by atoms with E-state index in [2.05, 4.69) is 38.2 Å². The Morgan fingerprint density at radius 2 is 0.894 bits per heavy atom. The standard InChI is InChI=1S/C56H109N2O7P/c1-7-10-13-16-19-22-25-27-28-29-30-31-34-37-40-43-46-49-56(60)65-54(47-44-41-38-35-33-26-23-20-17-14-11-8-2)53(52-64-66(61,62)63-51-50-58(4,5)6)57-55(59)48-45-42-39-36-32-24-21-18-15-12-9-3/h18,21,44,47,53-54H,7-17,19-20,22-43,45-46,48-52H2,1-6H3,(H-,57,59,61,62)/p+1/b21-18-,47-44-. The van der Waals surface area contributed by atoms with E-state index < -0.39 is 20.0 Å². The molecular weight excluding hydrogens is 844 g/mol. The van der Waals surface area contributed by atoms with Gasteiger partial charge in [0.25, 0.3) is 0 Å². The first kappa shape index (κ1) is 64.5. The first-order valence-corrected chi connectivity index (χ1v) is 29.7. The zero-order valence-corrected chi connectivity index (χ0v) is 45.3. The number of esters is 1. The third-order valence-corrected chi connectivity index (χ3v) is 13.6. The molecule has 0 aliphatic heterocycles. The minimum absolute atomic E-state index is 0.0416. The van der Waals surface area contributed by atoms with Crippen molar-refractivity contribution in [2.24, 2.45) is 0 Å². The minimum Gasteiger partial charge on any atom is -0.456 e. The van der Waals surface area contributed by atoms with Gasteiger partial charge in [0.15, 0.2) is 0 Å². The van der Waals surface area contributed by atoms with Gasteiger partial charge in [0, 0.05) is 12.8 Å². The lowest BCUT2D eigenvalue weighted by atomic mass is 10.0. The predicted molar refractivity (Wildman–Crippen MR) is 282 cm³/mol. The van der Waals surface area contributed by atoms with Gasteiger partial charge in [-0.25, -0.2) is 4.57 Å². The largest absolute Gasteiger partial charge is 0.472 e. The molecule has 0 saturated carbocycles. The van der Waals surface area contributed by atoms with Crippen molar-refractivity contribution in [3.05, 3.63) is 24.3 Å². The van der Waals surface area contributed by atoms with Gasteiger partial charge in [-0.05, 0) is 51.0 Å². The van der Waals surface area contributed by atoms with Crippen molar-refractivity contribution in [3.8, 4) is 0 Å². The van der Waals surface area contributed by atoms with Crippen LogP contribution in [0.25, 0.3) is 0 Å². The zero-order valence-electron chi connectivity index (χ0n) is 44.5. The number of hydrogen-bond donors (Lipinski definition) is 2. The number of ether oxygens (including phenoxy) is 1. The molecule has 66 heavy (non-hydrogen) atoms. The molecule has 9 nitrogen and oxygen atoms in total. The van der Waals surface area contributed by atoms with Crippen LogP contribution >= 0.6 is 7.82 Å². The molecule has 0 aliphatic rings. The first-order chi connectivity index (χ1) is 31.9. The summed E-state index contributed by atoms with van der Waals surface area (Å²) in [4.78, 5) is 37.5. The summed E-state index contributed by atoms with van der Waals surface area (Å²) in [6.07, 6.45) is 53.1. The van der Waals surface area contributed by atoms with Gasteiger partial charge >= 0.3 is 13.8 Å². The highest BCUT2D eigenvalue weighted by atomic mass is 31.2. The van der Waals surface area contributed by atoms with Crippen molar-refractivity contribution in [2.45, 2.75) is 283 Å². The molecule has 0 bridgehead atoms. The summed E-state index contributed by atoms with van der Waals surface area (Å²) in [5.74, 6) is -0.506. The van der Waals surface area contributed by atoms with E-state index in [0.717, 1.165) is 83.5 Å². The van der Waals surface area contributed by atoms with E-state index in [9.17, 15) is 19.0 Å². The van der Waals surface area contributed by atoms with Crippen LogP contribution in [0.1, 0.15) is 271 Å². The van der Waals surface area contributed by atoms with Gasteiger partial charge in [-0.15, -0.1) is 0 Å². The fourth-order valence-electron chi connectivity index (χ4n) is 8.22. The minimum atomic E-state index is -4.44. The first-order valence-electron chi connectivity index (χ1n) is 28.2. The highest BCUT2D eigenvalue weighted by Gasteiger charge is 2.30. The number of amides is 1. The molecular formula is C56H110N2O7P+. The lowest BCUT2D eigenvalue weighted by Crippen LogP contribution is -2.47. The maximum atomic E-state index is 13.4.